The van der Waals surface area contributed by atoms with E-state index in [0.29, 0.717) is 32.1 Å². The predicted molar refractivity (Wildman–Crippen MR) is 275 cm³/mol. The number of carbonyl (C=O) groups excluding carboxylic acids is 5. The summed E-state index contributed by atoms with van der Waals surface area (Å²) in [7, 11) is 4.31. The zero-order valence-electron chi connectivity index (χ0n) is 43.5. The van der Waals surface area contributed by atoms with Crippen LogP contribution in [-0.4, -0.2) is 50.8 Å². The second kappa shape index (κ2) is 59.0. The molecule has 0 fully saturated rings. The van der Waals surface area contributed by atoms with Gasteiger partial charge in [-0.05, 0) is 95.6 Å². The van der Waals surface area contributed by atoms with Crippen LogP contribution in [0.5, 0.6) is 0 Å². The highest BCUT2D eigenvalue weighted by Crippen LogP contribution is 2.13. The Morgan fingerprint density at radius 1 is 0.277 bits per heavy atom. The summed E-state index contributed by atoms with van der Waals surface area (Å²) in [5.41, 5.74) is 0. The number of esters is 3. The topological polar surface area (TPSA) is 113 Å². The van der Waals surface area contributed by atoms with Crippen LogP contribution in [0.4, 0.5) is 0 Å². The molecule has 0 N–H and O–H groups in total. The number of methoxy groups -OCH3 is 3. The molecule has 0 aromatic carbocycles. The van der Waals surface area contributed by atoms with Crippen molar-refractivity contribution in [3.63, 3.8) is 0 Å². The fourth-order valence-electron chi connectivity index (χ4n) is 7.17. The Balaban J connectivity index is -0.000000887. The summed E-state index contributed by atoms with van der Waals surface area (Å²) in [6.45, 7) is 6.70. The van der Waals surface area contributed by atoms with Crippen molar-refractivity contribution in [2.75, 3.05) is 21.3 Å². The monoisotopic (exact) mass is 917 g/mol. The van der Waals surface area contributed by atoms with Crippen LogP contribution in [0.25, 0.3) is 0 Å². The summed E-state index contributed by atoms with van der Waals surface area (Å²) in [6, 6.07) is 0. The van der Waals surface area contributed by atoms with E-state index in [0.717, 1.165) is 89.9 Å². The van der Waals surface area contributed by atoms with Crippen molar-refractivity contribution in [1.82, 2.24) is 0 Å². The van der Waals surface area contributed by atoms with Crippen LogP contribution in [0.2, 0.25) is 0 Å². The van der Waals surface area contributed by atoms with Gasteiger partial charge in [0.25, 0.3) is 0 Å². The Kier molecular flexibility index (Phi) is 60.1. The minimum absolute atomic E-state index is 0.0763. The average molecular weight is 917 g/mol. The van der Waals surface area contributed by atoms with Gasteiger partial charge in [0.1, 0.15) is 0 Å². The van der Waals surface area contributed by atoms with Crippen LogP contribution >= 0.6 is 0 Å². The normalized spacial score (nSPS) is 11.0. The van der Waals surface area contributed by atoms with E-state index in [1.807, 2.05) is 12.2 Å². The van der Waals surface area contributed by atoms with Crippen LogP contribution < -0.4 is 0 Å². The molecular weight excluding hydrogens is 813 g/mol. The smallest absolute Gasteiger partial charge is 0.305 e. The zero-order valence-corrected chi connectivity index (χ0v) is 43.5. The highest BCUT2D eigenvalue weighted by Gasteiger charge is 2.02. The van der Waals surface area contributed by atoms with Gasteiger partial charge in [-0.25, -0.2) is 0 Å². The van der Waals surface area contributed by atoms with Gasteiger partial charge in [-0.1, -0.05) is 186 Å². The molecule has 0 saturated heterocycles. The molecule has 0 heterocycles. The minimum Gasteiger partial charge on any atom is -0.469 e. The molecule has 0 amide bonds. The first-order chi connectivity index (χ1) is 31.7. The van der Waals surface area contributed by atoms with Crippen molar-refractivity contribution >= 4 is 29.5 Å². The molecule has 0 aromatic heterocycles. The number of carbonyl (C=O) groups is 5. The van der Waals surface area contributed by atoms with Crippen molar-refractivity contribution in [2.45, 2.75) is 278 Å². The van der Waals surface area contributed by atoms with Crippen LogP contribution in [0.1, 0.15) is 278 Å². The van der Waals surface area contributed by atoms with Gasteiger partial charge >= 0.3 is 17.9 Å². The number of ether oxygens (including phenoxy) is 3. The molecule has 8 nitrogen and oxygen atoms in total. The second-order valence-electron chi connectivity index (χ2n) is 17.7. The molecule has 0 aliphatic heterocycles. The van der Waals surface area contributed by atoms with Gasteiger partial charge in [0.05, 0.1) is 21.3 Å². The maximum atomic E-state index is 11.6. The van der Waals surface area contributed by atoms with Crippen molar-refractivity contribution < 1.29 is 38.2 Å². The number of hydrogen-bond acceptors (Lipinski definition) is 8. The van der Waals surface area contributed by atoms with Gasteiger partial charge < -0.3 is 14.2 Å². The Hall–Kier alpha value is -3.03. The lowest BCUT2D eigenvalue weighted by molar-refractivity contribution is -0.141. The van der Waals surface area contributed by atoms with Gasteiger partial charge in [0, 0.05) is 32.1 Å². The zero-order chi connectivity index (χ0) is 48.5. The Bertz CT molecular complexity index is 1140. The fraction of sp³-hybridized carbons (Fsp3) is 0.807. The minimum atomic E-state index is -0.145. The summed E-state index contributed by atoms with van der Waals surface area (Å²) in [5.74, 6) is 0.172. The largest absolute Gasteiger partial charge is 0.469 e. The van der Waals surface area contributed by atoms with Crippen LogP contribution in [-0.2, 0) is 38.2 Å². The Morgan fingerprint density at radius 3 is 0.754 bits per heavy atom. The maximum absolute atomic E-state index is 11.6. The van der Waals surface area contributed by atoms with Crippen LogP contribution in [0.15, 0.2) is 36.5 Å². The Labute approximate surface area is 401 Å². The van der Waals surface area contributed by atoms with Crippen molar-refractivity contribution in [3.8, 4) is 0 Å². The molecule has 380 valence electrons. The molecule has 0 aliphatic carbocycles. The van der Waals surface area contributed by atoms with Gasteiger partial charge in [0.15, 0.2) is 11.6 Å². The first-order valence-corrected chi connectivity index (χ1v) is 27.0. The molecule has 0 aliphatic rings. The SMILES string of the molecule is CCCCCCCC(=O)/C=C/CCCCCCCC(=O)OC.CCCCCCCC/C=C/CCCCCCCC(=O)OC.CCCCCCCC/C=C\C(=O)CCCCCCC(=O)OC. The molecule has 0 unspecified atom stereocenters. The molecule has 0 spiro atoms. The molecule has 0 atom stereocenters. The first kappa shape index (κ1) is 66.2. The third-order valence-electron chi connectivity index (χ3n) is 11.5. The number of rotatable bonds is 45. The van der Waals surface area contributed by atoms with Crippen LogP contribution in [0.3, 0.4) is 0 Å². The summed E-state index contributed by atoms with van der Waals surface area (Å²) in [6.07, 6.45) is 56.9. The van der Waals surface area contributed by atoms with E-state index in [2.05, 4.69) is 47.1 Å². The summed E-state index contributed by atoms with van der Waals surface area (Å²) < 4.78 is 13.8. The Morgan fingerprint density at radius 2 is 0.492 bits per heavy atom. The maximum Gasteiger partial charge on any atom is 0.305 e. The molecule has 0 bridgehead atoms. The number of unbranched alkanes of at least 4 members (excludes halogenated alkanes) is 29. The van der Waals surface area contributed by atoms with E-state index < -0.39 is 0 Å². The number of ketones is 2. The third-order valence-corrected chi connectivity index (χ3v) is 11.5. The summed E-state index contributed by atoms with van der Waals surface area (Å²) in [4.78, 5) is 56.0. The van der Waals surface area contributed by atoms with E-state index in [1.165, 1.54) is 156 Å². The van der Waals surface area contributed by atoms with E-state index in [9.17, 15) is 24.0 Å². The molecule has 0 radical (unpaired) electrons. The van der Waals surface area contributed by atoms with E-state index in [-0.39, 0.29) is 29.5 Å². The van der Waals surface area contributed by atoms with E-state index >= 15 is 0 Å². The molecule has 8 heteroatoms. The molecular formula is C57H104O8. The standard InChI is InChI=1S/2C19H34O3.C19H36O2/c1-3-4-5-9-12-15-18(20)16-13-10-7-6-8-11-14-17-19(21)22-2;1-3-4-5-6-7-8-9-12-15-18(20)16-13-10-11-14-17-19(21)22-2;1-3-4-5-6-7-8-9-10-11-12-13-14-15-16-17-18-19(20)21-2/h13,16H,3-12,14-15,17H2,1-2H3;12,15H,3-11,13-14,16-17H2,1-2H3;10-11H,3-9,12-18H2,1-2H3/b16-13+;15-12-;11-10+. The van der Waals surface area contributed by atoms with Gasteiger partial charge in [-0.2, -0.15) is 0 Å². The first-order valence-electron chi connectivity index (χ1n) is 27.0. The quantitative estimate of drug-likeness (QED) is 0.0195. The highest BCUT2D eigenvalue weighted by atomic mass is 16.5. The van der Waals surface area contributed by atoms with Crippen molar-refractivity contribution in [3.05, 3.63) is 36.5 Å². The summed E-state index contributed by atoms with van der Waals surface area (Å²) in [5, 5.41) is 0. The second-order valence-corrected chi connectivity index (χ2v) is 17.7. The lowest BCUT2D eigenvalue weighted by atomic mass is 10.1. The molecule has 65 heavy (non-hydrogen) atoms. The van der Waals surface area contributed by atoms with Crippen molar-refractivity contribution in [1.29, 1.82) is 0 Å². The van der Waals surface area contributed by atoms with Crippen molar-refractivity contribution in [2.24, 2.45) is 0 Å². The molecule has 0 aromatic rings. The lowest BCUT2D eigenvalue weighted by Gasteiger charge is -2.00. The average Bonchev–Trinajstić information content (AvgIpc) is 3.31. The molecule has 0 saturated carbocycles. The lowest BCUT2D eigenvalue weighted by Crippen LogP contribution is -1.99. The van der Waals surface area contributed by atoms with Crippen LogP contribution in [0, 0.1) is 0 Å². The number of allylic oxidation sites excluding steroid dienone is 6. The van der Waals surface area contributed by atoms with Gasteiger partial charge in [0.2, 0.25) is 0 Å². The van der Waals surface area contributed by atoms with Gasteiger partial charge in [-0.3, -0.25) is 24.0 Å². The van der Waals surface area contributed by atoms with Gasteiger partial charge in [-0.15, -0.1) is 0 Å². The summed E-state index contributed by atoms with van der Waals surface area (Å²) >= 11 is 0. The van der Waals surface area contributed by atoms with E-state index in [4.69, 9.17) is 0 Å². The third kappa shape index (κ3) is 63.1. The fourth-order valence-corrected chi connectivity index (χ4v) is 7.17. The molecule has 0 rings (SSSR count). The predicted octanol–water partition coefficient (Wildman–Crippen LogP) is 16.9. The van der Waals surface area contributed by atoms with E-state index in [1.54, 1.807) is 12.2 Å². The number of hydrogen-bond donors (Lipinski definition) is 0. The highest BCUT2D eigenvalue weighted by molar-refractivity contribution is 5.89.